The van der Waals surface area contributed by atoms with Crippen LogP contribution in [0.15, 0.2) is 0 Å². The van der Waals surface area contributed by atoms with Crippen LogP contribution in [0.25, 0.3) is 0 Å². The molecule has 0 radical (unpaired) electrons. The van der Waals surface area contributed by atoms with Crippen molar-refractivity contribution in [2.45, 2.75) is 18.1 Å². The van der Waals surface area contributed by atoms with E-state index in [4.69, 9.17) is 5.11 Å². The van der Waals surface area contributed by atoms with Gasteiger partial charge in [0.2, 0.25) is 0 Å². The molecule has 2 unspecified atom stereocenters. The van der Waals surface area contributed by atoms with Gasteiger partial charge in [-0.25, -0.2) is 8.42 Å². The van der Waals surface area contributed by atoms with Gasteiger partial charge >= 0.3 is 5.97 Å². The van der Waals surface area contributed by atoms with Crippen LogP contribution in [-0.4, -0.2) is 31.0 Å². The van der Waals surface area contributed by atoms with E-state index in [-0.39, 0.29) is 0 Å². The summed E-state index contributed by atoms with van der Waals surface area (Å²) in [6, 6.07) is 0. The van der Waals surface area contributed by atoms with Crippen molar-refractivity contribution in [3.05, 3.63) is 0 Å². The van der Waals surface area contributed by atoms with Gasteiger partial charge in [0.15, 0.2) is 9.84 Å². The molecule has 11 heavy (non-hydrogen) atoms. The fourth-order valence-electron chi connectivity index (χ4n) is 1.26. The van der Waals surface area contributed by atoms with Crippen molar-refractivity contribution in [3.8, 4) is 0 Å². The Bertz CT molecular complexity index is 266. The summed E-state index contributed by atoms with van der Waals surface area (Å²) in [6.45, 7) is 0. The first-order valence-electron chi connectivity index (χ1n) is 3.34. The number of rotatable bonds is 2. The maximum absolute atomic E-state index is 10.9. The largest absolute Gasteiger partial charge is 0.481 e. The van der Waals surface area contributed by atoms with Gasteiger partial charge in [0.1, 0.15) is 0 Å². The highest BCUT2D eigenvalue weighted by atomic mass is 32.2. The minimum atomic E-state index is -3.14. The third-order valence-corrected chi connectivity index (χ3v) is 3.74. The Labute approximate surface area is 65.1 Å². The van der Waals surface area contributed by atoms with Crippen molar-refractivity contribution in [3.63, 3.8) is 0 Å². The van der Waals surface area contributed by atoms with Gasteiger partial charge in [-0.15, -0.1) is 0 Å². The van der Waals surface area contributed by atoms with Crippen LogP contribution in [0.2, 0.25) is 0 Å². The lowest BCUT2D eigenvalue weighted by molar-refractivity contribution is -0.144. The third-order valence-electron chi connectivity index (χ3n) is 2.08. The summed E-state index contributed by atoms with van der Waals surface area (Å²) >= 11 is 0. The number of hydrogen-bond donors (Lipinski definition) is 1. The van der Waals surface area contributed by atoms with E-state index < -0.39 is 27.0 Å². The average Bonchev–Trinajstić information content (AvgIpc) is 1.51. The highest BCUT2D eigenvalue weighted by Gasteiger charge is 2.42. The van der Waals surface area contributed by atoms with E-state index in [9.17, 15) is 13.2 Å². The molecule has 0 aromatic carbocycles. The number of hydrogen-bond acceptors (Lipinski definition) is 3. The Balaban J connectivity index is 2.72. The lowest BCUT2D eigenvalue weighted by Gasteiger charge is -2.31. The van der Waals surface area contributed by atoms with E-state index in [0.717, 1.165) is 6.26 Å². The zero-order valence-electron chi connectivity index (χ0n) is 6.15. The number of sulfone groups is 1. The molecule has 0 aliphatic heterocycles. The SMILES string of the molecule is CS(=O)(=O)C1CCC1C(=O)O. The van der Waals surface area contributed by atoms with Crippen LogP contribution >= 0.6 is 0 Å². The van der Waals surface area contributed by atoms with Crippen LogP contribution in [0, 0.1) is 5.92 Å². The zero-order chi connectivity index (χ0) is 8.65. The van der Waals surface area contributed by atoms with Gasteiger partial charge in [0, 0.05) is 6.26 Å². The van der Waals surface area contributed by atoms with E-state index in [0.29, 0.717) is 12.8 Å². The quantitative estimate of drug-likeness (QED) is 0.640. The molecular formula is C6H10O4S. The van der Waals surface area contributed by atoms with Crippen molar-refractivity contribution >= 4 is 15.8 Å². The van der Waals surface area contributed by atoms with Crippen molar-refractivity contribution in [1.29, 1.82) is 0 Å². The summed E-state index contributed by atoms with van der Waals surface area (Å²) in [4.78, 5) is 10.4. The molecule has 4 nitrogen and oxygen atoms in total. The molecule has 0 amide bonds. The smallest absolute Gasteiger partial charge is 0.307 e. The lowest BCUT2D eigenvalue weighted by atomic mass is 9.85. The third kappa shape index (κ3) is 1.53. The van der Waals surface area contributed by atoms with Crippen molar-refractivity contribution < 1.29 is 18.3 Å². The molecule has 0 heterocycles. The predicted molar refractivity (Wildman–Crippen MR) is 39.0 cm³/mol. The molecule has 0 aromatic rings. The van der Waals surface area contributed by atoms with Gasteiger partial charge in [-0.2, -0.15) is 0 Å². The van der Waals surface area contributed by atoms with Crippen LogP contribution < -0.4 is 0 Å². The molecule has 0 spiro atoms. The minimum absolute atomic E-state index is 0.493. The van der Waals surface area contributed by atoms with Crippen molar-refractivity contribution in [1.82, 2.24) is 0 Å². The summed E-state index contributed by atoms with van der Waals surface area (Å²) in [7, 11) is -3.14. The molecule has 1 rings (SSSR count). The first-order valence-corrected chi connectivity index (χ1v) is 5.30. The second-order valence-corrected chi connectivity index (χ2v) is 5.15. The highest BCUT2D eigenvalue weighted by molar-refractivity contribution is 7.91. The standard InChI is InChI=1S/C6H10O4S/c1-11(9,10)5-3-2-4(5)6(7)8/h4-5H,2-3H2,1H3,(H,7,8). The van der Waals surface area contributed by atoms with E-state index in [1.54, 1.807) is 0 Å². The van der Waals surface area contributed by atoms with Gasteiger partial charge < -0.3 is 5.11 Å². The van der Waals surface area contributed by atoms with E-state index in [1.807, 2.05) is 0 Å². The molecule has 0 bridgehead atoms. The Morgan fingerprint density at radius 2 is 2.00 bits per heavy atom. The van der Waals surface area contributed by atoms with E-state index in [2.05, 4.69) is 0 Å². The fraction of sp³-hybridized carbons (Fsp3) is 0.833. The molecule has 1 aliphatic carbocycles. The molecule has 64 valence electrons. The Hall–Kier alpha value is -0.580. The molecular weight excluding hydrogens is 168 g/mol. The summed E-state index contributed by atoms with van der Waals surface area (Å²) in [5.74, 6) is -1.66. The Kier molecular flexibility index (Phi) is 1.92. The molecule has 0 aromatic heterocycles. The maximum Gasteiger partial charge on any atom is 0.307 e. The van der Waals surface area contributed by atoms with Crippen LogP contribution in [0.1, 0.15) is 12.8 Å². The fourth-order valence-corrected chi connectivity index (χ4v) is 2.68. The number of carboxylic acid groups (broad SMARTS) is 1. The molecule has 1 N–H and O–H groups in total. The topological polar surface area (TPSA) is 71.4 Å². The summed E-state index contributed by atoms with van der Waals surface area (Å²) < 4.78 is 21.7. The zero-order valence-corrected chi connectivity index (χ0v) is 6.97. The molecule has 1 saturated carbocycles. The van der Waals surface area contributed by atoms with Gasteiger partial charge in [0.05, 0.1) is 11.2 Å². The Morgan fingerprint density at radius 3 is 2.09 bits per heavy atom. The first-order chi connectivity index (χ1) is 4.93. The van der Waals surface area contributed by atoms with Gasteiger partial charge in [0.25, 0.3) is 0 Å². The van der Waals surface area contributed by atoms with Gasteiger partial charge in [-0.1, -0.05) is 0 Å². The highest BCUT2D eigenvalue weighted by Crippen LogP contribution is 2.32. The molecule has 1 fully saturated rings. The first kappa shape index (κ1) is 8.52. The monoisotopic (exact) mass is 178 g/mol. The number of carboxylic acids is 1. The molecule has 0 saturated heterocycles. The molecule has 2 atom stereocenters. The lowest BCUT2D eigenvalue weighted by Crippen LogP contribution is -2.42. The van der Waals surface area contributed by atoms with Gasteiger partial charge in [-0.3, -0.25) is 4.79 Å². The average molecular weight is 178 g/mol. The molecule has 1 aliphatic rings. The second kappa shape index (κ2) is 2.48. The van der Waals surface area contributed by atoms with Crippen LogP contribution in [-0.2, 0) is 14.6 Å². The summed E-state index contributed by atoms with van der Waals surface area (Å²) in [5, 5.41) is 7.86. The van der Waals surface area contributed by atoms with Gasteiger partial charge in [-0.05, 0) is 12.8 Å². The Morgan fingerprint density at radius 1 is 1.45 bits per heavy atom. The number of aliphatic carboxylic acids is 1. The maximum atomic E-state index is 10.9. The normalized spacial score (nSPS) is 31.0. The molecule has 5 heteroatoms. The van der Waals surface area contributed by atoms with E-state index in [1.165, 1.54) is 0 Å². The van der Waals surface area contributed by atoms with Crippen LogP contribution in [0.5, 0.6) is 0 Å². The van der Waals surface area contributed by atoms with Crippen LogP contribution in [0.4, 0.5) is 0 Å². The van der Waals surface area contributed by atoms with Crippen molar-refractivity contribution in [2.75, 3.05) is 6.26 Å². The summed E-state index contributed by atoms with van der Waals surface area (Å²) in [6.07, 6.45) is 2.08. The van der Waals surface area contributed by atoms with Crippen molar-refractivity contribution in [2.24, 2.45) is 5.92 Å². The summed E-state index contributed by atoms with van der Waals surface area (Å²) in [5.41, 5.74) is 0. The van der Waals surface area contributed by atoms with Crippen LogP contribution in [0.3, 0.4) is 0 Å². The minimum Gasteiger partial charge on any atom is -0.481 e. The predicted octanol–water partition coefficient (Wildman–Crippen LogP) is -0.106. The number of carbonyl (C=O) groups is 1. The van der Waals surface area contributed by atoms with E-state index >= 15 is 0 Å². The second-order valence-electron chi connectivity index (χ2n) is 2.89.